The summed E-state index contributed by atoms with van der Waals surface area (Å²) in [5.74, 6) is 0. The Labute approximate surface area is 124 Å². The second-order valence-electron chi connectivity index (χ2n) is 4.93. The second kappa shape index (κ2) is 7.45. The number of carbonyl (C=O) groups excluding carboxylic acids is 1. The van der Waals surface area contributed by atoms with Crippen molar-refractivity contribution in [3.8, 4) is 11.1 Å². The van der Waals surface area contributed by atoms with Crippen LogP contribution in [0.2, 0.25) is 0 Å². The molecule has 0 spiro atoms. The topological polar surface area (TPSA) is 61.4 Å². The van der Waals surface area contributed by atoms with Crippen molar-refractivity contribution < 1.29 is 9.90 Å². The molecule has 0 saturated heterocycles. The van der Waals surface area contributed by atoms with E-state index >= 15 is 0 Å². The van der Waals surface area contributed by atoms with Gasteiger partial charge < -0.3 is 15.7 Å². The fourth-order valence-corrected chi connectivity index (χ4v) is 2.02. The summed E-state index contributed by atoms with van der Waals surface area (Å²) in [5.41, 5.74) is 2.79. The van der Waals surface area contributed by atoms with Crippen LogP contribution in [0.25, 0.3) is 11.1 Å². The minimum absolute atomic E-state index is 0.265. The van der Waals surface area contributed by atoms with Crippen molar-refractivity contribution in [3.63, 3.8) is 0 Å². The highest BCUT2D eigenvalue weighted by atomic mass is 16.3. The van der Waals surface area contributed by atoms with Gasteiger partial charge in [-0.05, 0) is 25.0 Å². The molecule has 1 atom stereocenters. The van der Waals surface area contributed by atoms with E-state index in [0.29, 0.717) is 13.0 Å². The number of aliphatic hydroxyl groups is 1. The molecule has 3 N–H and O–H groups in total. The molecule has 4 heteroatoms. The molecule has 4 nitrogen and oxygen atoms in total. The second-order valence-corrected chi connectivity index (χ2v) is 4.93. The minimum atomic E-state index is -0.415. The molecule has 0 aliphatic carbocycles. The Hall–Kier alpha value is -2.33. The molecule has 21 heavy (non-hydrogen) atoms. The molecular weight excluding hydrogens is 264 g/mol. The van der Waals surface area contributed by atoms with Crippen molar-refractivity contribution in [1.29, 1.82) is 0 Å². The number of amides is 2. The van der Waals surface area contributed by atoms with Gasteiger partial charge in [-0.25, -0.2) is 4.79 Å². The first-order chi connectivity index (χ1) is 10.2. The Balaban J connectivity index is 2.05. The van der Waals surface area contributed by atoms with Crippen LogP contribution >= 0.6 is 0 Å². The molecule has 2 aromatic carbocycles. The fourth-order valence-electron chi connectivity index (χ4n) is 2.02. The van der Waals surface area contributed by atoms with Crippen molar-refractivity contribution in [2.45, 2.75) is 19.4 Å². The van der Waals surface area contributed by atoms with Gasteiger partial charge in [0, 0.05) is 12.1 Å². The summed E-state index contributed by atoms with van der Waals surface area (Å²) < 4.78 is 0. The summed E-state index contributed by atoms with van der Waals surface area (Å²) in [4.78, 5) is 11.9. The summed E-state index contributed by atoms with van der Waals surface area (Å²) in [7, 11) is 0. The van der Waals surface area contributed by atoms with E-state index in [1.807, 2.05) is 54.6 Å². The van der Waals surface area contributed by atoms with Crippen molar-refractivity contribution in [3.05, 3.63) is 54.6 Å². The first-order valence-corrected chi connectivity index (χ1v) is 7.04. The van der Waals surface area contributed by atoms with Crippen LogP contribution in [-0.4, -0.2) is 23.8 Å². The van der Waals surface area contributed by atoms with Crippen LogP contribution in [-0.2, 0) is 0 Å². The number of rotatable bonds is 5. The van der Waals surface area contributed by atoms with Crippen LogP contribution in [0.15, 0.2) is 54.6 Å². The molecule has 0 heterocycles. The number of anilines is 1. The molecule has 0 aliphatic heterocycles. The molecular formula is C17H20N2O2. The number of hydrogen-bond acceptors (Lipinski definition) is 2. The van der Waals surface area contributed by atoms with Crippen molar-refractivity contribution in [2.24, 2.45) is 0 Å². The third kappa shape index (κ3) is 4.61. The zero-order valence-corrected chi connectivity index (χ0v) is 12.0. The summed E-state index contributed by atoms with van der Waals surface area (Å²) in [6.45, 7) is 2.14. The highest BCUT2D eigenvalue weighted by molar-refractivity contribution is 5.94. The van der Waals surface area contributed by atoms with Crippen LogP contribution in [0.4, 0.5) is 10.5 Å². The van der Waals surface area contributed by atoms with Gasteiger partial charge in [0.2, 0.25) is 0 Å². The fraction of sp³-hybridized carbons (Fsp3) is 0.235. The van der Waals surface area contributed by atoms with Crippen LogP contribution in [0.1, 0.15) is 13.3 Å². The number of urea groups is 1. The van der Waals surface area contributed by atoms with Crippen LogP contribution in [0.5, 0.6) is 0 Å². The maximum atomic E-state index is 11.9. The standard InChI is InChI=1S/C17H20N2O2/c1-13(20)11-12-18-17(21)19-16-10-6-5-9-15(16)14-7-3-2-4-8-14/h2-10,13,20H,11-12H2,1H3,(H2,18,19,21). The van der Waals surface area contributed by atoms with Crippen molar-refractivity contribution in [1.82, 2.24) is 5.32 Å². The Bertz CT molecular complexity index is 582. The average molecular weight is 284 g/mol. The van der Waals surface area contributed by atoms with E-state index in [2.05, 4.69) is 10.6 Å². The molecule has 2 aromatic rings. The molecule has 2 rings (SSSR count). The van der Waals surface area contributed by atoms with Crippen LogP contribution in [0, 0.1) is 0 Å². The summed E-state index contributed by atoms with van der Waals surface area (Å²) in [6.07, 6.45) is 0.121. The summed E-state index contributed by atoms with van der Waals surface area (Å²) in [6, 6.07) is 17.3. The number of nitrogens with one attached hydrogen (secondary N) is 2. The average Bonchev–Trinajstić information content (AvgIpc) is 2.48. The number of para-hydroxylation sites is 1. The van der Waals surface area contributed by atoms with Gasteiger partial charge in [0.25, 0.3) is 0 Å². The Morgan fingerprint density at radius 3 is 2.48 bits per heavy atom. The van der Waals surface area contributed by atoms with Gasteiger partial charge in [-0.1, -0.05) is 48.5 Å². The lowest BCUT2D eigenvalue weighted by Gasteiger charge is -2.12. The van der Waals surface area contributed by atoms with Gasteiger partial charge in [-0.2, -0.15) is 0 Å². The number of hydrogen-bond donors (Lipinski definition) is 3. The predicted molar refractivity (Wildman–Crippen MR) is 85.2 cm³/mol. The number of benzene rings is 2. The Kier molecular flexibility index (Phi) is 5.35. The van der Waals surface area contributed by atoms with Crippen LogP contribution in [0.3, 0.4) is 0 Å². The lowest BCUT2D eigenvalue weighted by atomic mass is 10.0. The van der Waals surface area contributed by atoms with Gasteiger partial charge in [-0.3, -0.25) is 0 Å². The highest BCUT2D eigenvalue weighted by Gasteiger charge is 2.07. The third-order valence-corrected chi connectivity index (χ3v) is 3.11. The molecule has 0 bridgehead atoms. The van der Waals surface area contributed by atoms with Gasteiger partial charge in [0.05, 0.1) is 11.8 Å². The SMILES string of the molecule is CC(O)CCNC(=O)Nc1ccccc1-c1ccccc1. The molecule has 0 aromatic heterocycles. The molecule has 0 fully saturated rings. The molecule has 0 saturated carbocycles. The van der Waals surface area contributed by atoms with Crippen molar-refractivity contribution >= 4 is 11.7 Å². The van der Waals surface area contributed by atoms with E-state index in [0.717, 1.165) is 16.8 Å². The number of aliphatic hydroxyl groups excluding tert-OH is 1. The van der Waals surface area contributed by atoms with E-state index < -0.39 is 6.10 Å². The van der Waals surface area contributed by atoms with Gasteiger partial charge in [0.15, 0.2) is 0 Å². The Morgan fingerprint density at radius 1 is 1.10 bits per heavy atom. The maximum absolute atomic E-state index is 11.9. The summed E-state index contributed by atoms with van der Waals surface area (Å²) >= 11 is 0. The lowest BCUT2D eigenvalue weighted by molar-refractivity contribution is 0.184. The third-order valence-electron chi connectivity index (χ3n) is 3.11. The van der Waals surface area contributed by atoms with E-state index in [1.165, 1.54) is 0 Å². The molecule has 110 valence electrons. The Morgan fingerprint density at radius 2 is 1.76 bits per heavy atom. The zero-order chi connectivity index (χ0) is 15.1. The van der Waals surface area contributed by atoms with E-state index in [-0.39, 0.29) is 6.03 Å². The molecule has 0 radical (unpaired) electrons. The predicted octanol–water partition coefficient (Wildman–Crippen LogP) is 3.25. The van der Waals surface area contributed by atoms with Gasteiger partial charge in [0.1, 0.15) is 0 Å². The lowest BCUT2D eigenvalue weighted by Crippen LogP contribution is -2.31. The maximum Gasteiger partial charge on any atom is 0.319 e. The zero-order valence-electron chi connectivity index (χ0n) is 12.0. The monoisotopic (exact) mass is 284 g/mol. The minimum Gasteiger partial charge on any atom is -0.393 e. The first kappa shape index (κ1) is 15.1. The normalized spacial score (nSPS) is 11.7. The highest BCUT2D eigenvalue weighted by Crippen LogP contribution is 2.27. The summed E-state index contributed by atoms with van der Waals surface area (Å²) in [5, 5.41) is 14.8. The largest absolute Gasteiger partial charge is 0.393 e. The van der Waals surface area contributed by atoms with Gasteiger partial charge in [-0.15, -0.1) is 0 Å². The van der Waals surface area contributed by atoms with E-state index in [4.69, 9.17) is 0 Å². The van der Waals surface area contributed by atoms with E-state index in [1.54, 1.807) is 6.92 Å². The van der Waals surface area contributed by atoms with Gasteiger partial charge >= 0.3 is 6.03 Å². The van der Waals surface area contributed by atoms with E-state index in [9.17, 15) is 9.90 Å². The smallest absolute Gasteiger partial charge is 0.319 e. The first-order valence-electron chi connectivity index (χ1n) is 7.04. The molecule has 2 amide bonds. The number of carbonyl (C=O) groups is 1. The van der Waals surface area contributed by atoms with Crippen LogP contribution < -0.4 is 10.6 Å². The molecule has 1 unspecified atom stereocenters. The quantitative estimate of drug-likeness (QED) is 0.789. The molecule has 0 aliphatic rings. The van der Waals surface area contributed by atoms with Crippen molar-refractivity contribution in [2.75, 3.05) is 11.9 Å².